The van der Waals surface area contributed by atoms with Gasteiger partial charge in [-0.1, -0.05) is 6.92 Å². The molecular weight excluding hydrogens is 262 g/mol. The van der Waals surface area contributed by atoms with Crippen LogP contribution in [-0.4, -0.2) is 21.2 Å². The Labute approximate surface area is 112 Å². The number of aromatic nitrogens is 3. The van der Waals surface area contributed by atoms with Gasteiger partial charge in [0.2, 0.25) is 11.5 Å². The summed E-state index contributed by atoms with van der Waals surface area (Å²) in [6, 6.07) is 5.15. The van der Waals surface area contributed by atoms with Gasteiger partial charge < -0.3 is 15.5 Å². The maximum atomic E-state index is 11.9. The van der Waals surface area contributed by atoms with Crippen LogP contribution in [-0.2, 0) is 6.42 Å². The summed E-state index contributed by atoms with van der Waals surface area (Å²) >= 11 is 0. The molecule has 0 aliphatic heterocycles. The quantitative estimate of drug-likeness (QED) is 0.743. The summed E-state index contributed by atoms with van der Waals surface area (Å²) in [4.78, 5) is 16.2. The Morgan fingerprint density at radius 2 is 2.25 bits per heavy atom. The summed E-state index contributed by atoms with van der Waals surface area (Å²) < 4.78 is 9.87. The van der Waals surface area contributed by atoms with Gasteiger partial charge >= 0.3 is 0 Å². The highest BCUT2D eigenvalue weighted by Gasteiger charge is 2.16. The fourth-order valence-corrected chi connectivity index (χ4v) is 1.75. The van der Waals surface area contributed by atoms with Gasteiger partial charge in [-0.3, -0.25) is 4.79 Å². The summed E-state index contributed by atoms with van der Waals surface area (Å²) in [5, 5.41) is 9.42. The Hall–Kier alpha value is -2.90. The average molecular weight is 273 g/mol. The smallest absolute Gasteiger partial charge is 0.281 e. The fourth-order valence-electron chi connectivity index (χ4n) is 1.75. The third-order valence-electron chi connectivity index (χ3n) is 2.72. The molecule has 8 heteroatoms. The fraction of sp³-hybridized carbons (Fsp3) is 0.167. The zero-order valence-electron chi connectivity index (χ0n) is 10.6. The van der Waals surface area contributed by atoms with E-state index in [-0.39, 0.29) is 11.5 Å². The van der Waals surface area contributed by atoms with Crippen LogP contribution in [0.2, 0.25) is 0 Å². The Bertz CT molecular complexity index is 776. The van der Waals surface area contributed by atoms with E-state index in [4.69, 9.17) is 10.2 Å². The number of amides is 1. The number of aryl methyl sites for hydroxylation is 1. The lowest BCUT2D eigenvalue weighted by Gasteiger charge is -2.01. The maximum absolute atomic E-state index is 11.9. The first-order valence-corrected chi connectivity index (χ1v) is 5.96. The number of carbonyl (C=O) groups excluding carboxylic acids is 1. The van der Waals surface area contributed by atoms with Gasteiger partial charge in [0, 0.05) is 12.1 Å². The molecule has 8 nitrogen and oxygen atoms in total. The molecule has 0 atom stereocenters. The zero-order chi connectivity index (χ0) is 14.1. The van der Waals surface area contributed by atoms with Crippen molar-refractivity contribution in [3.63, 3.8) is 0 Å². The van der Waals surface area contributed by atoms with E-state index < -0.39 is 5.91 Å². The second-order valence-electron chi connectivity index (χ2n) is 4.10. The zero-order valence-corrected chi connectivity index (χ0v) is 10.6. The number of fused-ring (bicyclic) bond motifs is 1. The van der Waals surface area contributed by atoms with E-state index in [2.05, 4.69) is 25.2 Å². The molecule has 0 fully saturated rings. The third kappa shape index (κ3) is 2.07. The molecule has 0 aliphatic rings. The summed E-state index contributed by atoms with van der Waals surface area (Å²) in [6.07, 6.45) is 0.706. The molecule has 3 rings (SSSR count). The van der Waals surface area contributed by atoms with E-state index in [0.717, 1.165) is 0 Å². The second kappa shape index (κ2) is 4.65. The van der Waals surface area contributed by atoms with Crippen LogP contribution in [0.4, 0.5) is 11.5 Å². The predicted molar refractivity (Wildman–Crippen MR) is 70.1 cm³/mol. The van der Waals surface area contributed by atoms with Crippen LogP contribution in [0.1, 0.15) is 23.3 Å². The van der Waals surface area contributed by atoms with Crippen molar-refractivity contribution in [2.24, 2.45) is 0 Å². The molecule has 1 aromatic carbocycles. The van der Waals surface area contributed by atoms with Crippen molar-refractivity contribution in [2.75, 3.05) is 11.1 Å². The van der Waals surface area contributed by atoms with Crippen molar-refractivity contribution in [1.29, 1.82) is 0 Å². The number of nitrogens with zero attached hydrogens (tertiary/aromatic N) is 3. The summed E-state index contributed by atoms with van der Waals surface area (Å²) in [5.41, 5.74) is 7.29. The molecule has 2 aromatic heterocycles. The molecule has 0 radical (unpaired) electrons. The standard InChI is InChI=1S/C12H11N5O3/c1-2-9-15-7-5-6(3-4-8(7)19-9)14-12(18)10-11(13)17-20-16-10/h3-5H,2H2,1H3,(H2,13,17)(H,14,18). The molecule has 2 heterocycles. The van der Waals surface area contributed by atoms with Crippen molar-refractivity contribution in [1.82, 2.24) is 15.3 Å². The molecule has 0 bridgehead atoms. The minimum Gasteiger partial charge on any atom is -0.441 e. The average Bonchev–Trinajstić information content (AvgIpc) is 3.03. The molecule has 0 saturated carbocycles. The molecule has 102 valence electrons. The molecule has 0 aliphatic carbocycles. The number of benzene rings is 1. The van der Waals surface area contributed by atoms with Crippen LogP contribution in [0.15, 0.2) is 27.2 Å². The van der Waals surface area contributed by atoms with Crippen LogP contribution < -0.4 is 11.1 Å². The highest BCUT2D eigenvalue weighted by atomic mass is 16.6. The molecule has 3 N–H and O–H groups in total. The first-order chi connectivity index (χ1) is 9.67. The number of nitrogen functional groups attached to an aromatic ring is 1. The van der Waals surface area contributed by atoms with E-state index >= 15 is 0 Å². The number of hydrogen-bond donors (Lipinski definition) is 2. The van der Waals surface area contributed by atoms with Gasteiger partial charge in [-0.05, 0) is 28.5 Å². The first-order valence-electron chi connectivity index (χ1n) is 5.96. The van der Waals surface area contributed by atoms with Crippen molar-refractivity contribution >= 4 is 28.5 Å². The van der Waals surface area contributed by atoms with Gasteiger partial charge in [0.25, 0.3) is 5.91 Å². The van der Waals surface area contributed by atoms with Gasteiger partial charge in [-0.15, -0.1) is 0 Å². The summed E-state index contributed by atoms with van der Waals surface area (Å²) in [7, 11) is 0. The number of anilines is 2. The van der Waals surface area contributed by atoms with Crippen LogP contribution >= 0.6 is 0 Å². The SMILES string of the molecule is CCc1nc2cc(NC(=O)c3nonc3N)ccc2o1. The number of oxazole rings is 1. The largest absolute Gasteiger partial charge is 0.441 e. The molecule has 1 amide bonds. The Morgan fingerprint density at radius 1 is 1.40 bits per heavy atom. The van der Waals surface area contributed by atoms with Crippen molar-refractivity contribution < 1.29 is 13.8 Å². The highest BCUT2D eigenvalue weighted by molar-refractivity contribution is 6.06. The first kappa shape index (κ1) is 12.2. The van der Waals surface area contributed by atoms with Crippen LogP contribution in [0.5, 0.6) is 0 Å². The summed E-state index contributed by atoms with van der Waals surface area (Å²) in [6.45, 7) is 1.95. The topological polar surface area (TPSA) is 120 Å². The molecule has 0 spiro atoms. The van der Waals surface area contributed by atoms with Crippen LogP contribution in [0.25, 0.3) is 11.1 Å². The lowest BCUT2D eigenvalue weighted by atomic mass is 10.2. The van der Waals surface area contributed by atoms with Gasteiger partial charge in [0.1, 0.15) is 5.52 Å². The maximum Gasteiger partial charge on any atom is 0.281 e. The molecular formula is C12H11N5O3. The predicted octanol–water partition coefficient (Wildman–Crippen LogP) is 1.61. The number of hydrogen-bond acceptors (Lipinski definition) is 7. The van der Waals surface area contributed by atoms with Crippen LogP contribution in [0, 0.1) is 0 Å². The normalized spacial score (nSPS) is 10.8. The van der Waals surface area contributed by atoms with Crippen molar-refractivity contribution in [3.8, 4) is 0 Å². The molecule has 0 unspecified atom stereocenters. The molecule has 3 aromatic rings. The lowest BCUT2D eigenvalue weighted by Crippen LogP contribution is -2.14. The number of nitrogens with one attached hydrogen (secondary N) is 1. The van der Waals surface area contributed by atoms with Gasteiger partial charge in [0.15, 0.2) is 11.5 Å². The molecule has 0 saturated heterocycles. The minimum atomic E-state index is -0.498. The van der Waals surface area contributed by atoms with Gasteiger partial charge in [0.05, 0.1) is 0 Å². The number of rotatable bonds is 3. The highest BCUT2D eigenvalue weighted by Crippen LogP contribution is 2.21. The van der Waals surface area contributed by atoms with E-state index in [1.54, 1.807) is 18.2 Å². The van der Waals surface area contributed by atoms with E-state index in [0.29, 0.717) is 29.1 Å². The van der Waals surface area contributed by atoms with Gasteiger partial charge in [-0.2, -0.15) is 0 Å². The summed E-state index contributed by atoms with van der Waals surface area (Å²) in [5.74, 6) is 0.0917. The van der Waals surface area contributed by atoms with Crippen molar-refractivity contribution in [3.05, 3.63) is 29.8 Å². The van der Waals surface area contributed by atoms with E-state index in [1.165, 1.54) is 0 Å². The van der Waals surface area contributed by atoms with E-state index in [9.17, 15) is 4.79 Å². The lowest BCUT2D eigenvalue weighted by molar-refractivity contribution is 0.101. The minimum absolute atomic E-state index is 0.0560. The van der Waals surface area contributed by atoms with Crippen molar-refractivity contribution in [2.45, 2.75) is 13.3 Å². The second-order valence-corrected chi connectivity index (χ2v) is 4.10. The van der Waals surface area contributed by atoms with Gasteiger partial charge in [-0.25, -0.2) is 9.61 Å². The third-order valence-corrected chi connectivity index (χ3v) is 2.72. The number of carbonyl (C=O) groups is 1. The van der Waals surface area contributed by atoms with Crippen LogP contribution in [0.3, 0.4) is 0 Å². The number of nitrogens with two attached hydrogens (primary N) is 1. The Morgan fingerprint density at radius 3 is 2.95 bits per heavy atom. The Balaban J connectivity index is 1.87. The van der Waals surface area contributed by atoms with E-state index in [1.807, 2.05) is 6.92 Å². The Kier molecular flexibility index (Phi) is 2.82. The monoisotopic (exact) mass is 273 g/mol. The molecule has 20 heavy (non-hydrogen) atoms.